The second-order valence-electron chi connectivity index (χ2n) is 7.02. The second kappa shape index (κ2) is 8.03. The van der Waals surface area contributed by atoms with Crippen LogP contribution in [-0.4, -0.2) is 38.4 Å². The number of likely N-dealkylation sites (tertiary alicyclic amines) is 1. The number of hydrogen-bond acceptors (Lipinski definition) is 6. The summed E-state index contributed by atoms with van der Waals surface area (Å²) >= 11 is 1.50. The van der Waals surface area contributed by atoms with E-state index in [0.29, 0.717) is 18.0 Å². The number of nitrogens with zero attached hydrogens (tertiary/aromatic N) is 4. The summed E-state index contributed by atoms with van der Waals surface area (Å²) in [6, 6.07) is 5.19. The molecule has 0 aliphatic carbocycles. The van der Waals surface area contributed by atoms with Crippen molar-refractivity contribution in [3.05, 3.63) is 35.9 Å². The predicted octanol–water partition coefficient (Wildman–Crippen LogP) is 3.77. The van der Waals surface area contributed by atoms with Crippen LogP contribution in [0.4, 0.5) is 5.13 Å². The van der Waals surface area contributed by atoms with Crippen LogP contribution in [0.15, 0.2) is 24.5 Å². The minimum atomic E-state index is 0.452. The van der Waals surface area contributed by atoms with E-state index in [9.17, 15) is 0 Å². The van der Waals surface area contributed by atoms with E-state index in [2.05, 4.69) is 57.5 Å². The van der Waals surface area contributed by atoms with Crippen LogP contribution in [0.3, 0.4) is 0 Å². The molecule has 1 saturated heterocycles. The van der Waals surface area contributed by atoms with Gasteiger partial charge in [0.25, 0.3) is 0 Å². The number of aromatic nitrogens is 3. The molecule has 1 aliphatic rings. The molecule has 24 heavy (non-hydrogen) atoms. The highest BCUT2D eigenvalue weighted by molar-refractivity contribution is 7.09. The Balaban J connectivity index is 1.49. The molecule has 1 fully saturated rings. The smallest absolute Gasteiger partial charge is 0.202 e. The molecule has 130 valence electrons. The maximum Gasteiger partial charge on any atom is 0.202 e. The molecule has 0 spiro atoms. The second-order valence-corrected chi connectivity index (χ2v) is 7.78. The maximum atomic E-state index is 4.62. The molecule has 1 aliphatic heterocycles. The normalized spacial score (nSPS) is 18.0. The predicted molar refractivity (Wildman–Crippen MR) is 99.3 cm³/mol. The van der Waals surface area contributed by atoms with E-state index in [1.807, 2.05) is 12.4 Å². The molecule has 0 saturated carbocycles. The van der Waals surface area contributed by atoms with Gasteiger partial charge in [-0.1, -0.05) is 13.8 Å². The fourth-order valence-corrected chi connectivity index (χ4v) is 3.89. The summed E-state index contributed by atoms with van der Waals surface area (Å²) in [6.07, 6.45) is 7.01. The van der Waals surface area contributed by atoms with Gasteiger partial charge in [0.1, 0.15) is 5.82 Å². The Bertz CT molecular complexity index is 619. The summed E-state index contributed by atoms with van der Waals surface area (Å²) < 4.78 is 4.46. The maximum absolute atomic E-state index is 4.62. The van der Waals surface area contributed by atoms with Gasteiger partial charge in [0.15, 0.2) is 0 Å². The Kier molecular flexibility index (Phi) is 5.79. The number of rotatable bonds is 6. The molecule has 1 N–H and O–H groups in total. The van der Waals surface area contributed by atoms with Gasteiger partial charge in [-0.3, -0.25) is 9.88 Å². The zero-order valence-corrected chi connectivity index (χ0v) is 15.6. The van der Waals surface area contributed by atoms with Gasteiger partial charge in [-0.05, 0) is 43.4 Å². The largest absolute Gasteiger partial charge is 0.357 e. The van der Waals surface area contributed by atoms with Gasteiger partial charge in [-0.25, -0.2) is 4.98 Å². The van der Waals surface area contributed by atoms with Crippen LogP contribution in [0.5, 0.6) is 0 Å². The first-order valence-electron chi connectivity index (χ1n) is 8.85. The monoisotopic (exact) mass is 345 g/mol. The van der Waals surface area contributed by atoms with Crippen LogP contribution in [0, 0.1) is 5.92 Å². The van der Waals surface area contributed by atoms with Gasteiger partial charge in [0, 0.05) is 55.5 Å². The summed E-state index contributed by atoms with van der Waals surface area (Å²) in [5, 5.41) is 4.56. The first kappa shape index (κ1) is 17.3. The van der Waals surface area contributed by atoms with Crippen molar-refractivity contribution >= 4 is 16.7 Å². The Morgan fingerprint density at radius 2 is 1.92 bits per heavy atom. The van der Waals surface area contributed by atoms with Gasteiger partial charge in [0.05, 0.1) is 0 Å². The van der Waals surface area contributed by atoms with Crippen LogP contribution in [0.25, 0.3) is 0 Å². The van der Waals surface area contributed by atoms with Gasteiger partial charge in [-0.2, -0.15) is 4.37 Å². The average Bonchev–Trinajstić information content (AvgIpc) is 3.02. The van der Waals surface area contributed by atoms with Gasteiger partial charge < -0.3 is 5.32 Å². The number of piperidine rings is 1. The molecular weight excluding hydrogens is 318 g/mol. The molecule has 6 heteroatoms. The fraction of sp³-hybridized carbons (Fsp3) is 0.611. The van der Waals surface area contributed by atoms with Crippen LogP contribution in [-0.2, 0) is 6.42 Å². The summed E-state index contributed by atoms with van der Waals surface area (Å²) in [4.78, 5) is 11.3. The SMILES string of the molecule is CC(C)Cc1nsc(NC2CCN([C@@H](C)c3ccncc3)CC2)n1. The van der Waals surface area contributed by atoms with Crippen molar-refractivity contribution < 1.29 is 0 Å². The minimum absolute atomic E-state index is 0.452. The van der Waals surface area contributed by atoms with Gasteiger partial charge in [-0.15, -0.1) is 0 Å². The van der Waals surface area contributed by atoms with E-state index in [-0.39, 0.29) is 0 Å². The van der Waals surface area contributed by atoms with Crippen molar-refractivity contribution in [2.45, 2.75) is 52.1 Å². The summed E-state index contributed by atoms with van der Waals surface area (Å²) in [5.41, 5.74) is 1.35. The summed E-state index contributed by atoms with van der Waals surface area (Å²) in [6.45, 7) is 8.91. The topological polar surface area (TPSA) is 53.9 Å². The van der Waals surface area contributed by atoms with Crippen LogP contribution in [0.1, 0.15) is 51.0 Å². The molecular formula is C18H27N5S. The molecule has 0 amide bonds. The number of anilines is 1. The Morgan fingerprint density at radius 1 is 1.21 bits per heavy atom. The van der Waals surface area contributed by atoms with Crippen molar-refractivity contribution in [3.8, 4) is 0 Å². The third-order valence-corrected chi connectivity index (χ3v) is 5.34. The van der Waals surface area contributed by atoms with Gasteiger partial charge >= 0.3 is 0 Å². The summed E-state index contributed by atoms with van der Waals surface area (Å²) in [5.74, 6) is 1.58. The Hall–Kier alpha value is -1.53. The number of nitrogens with one attached hydrogen (secondary N) is 1. The zero-order valence-electron chi connectivity index (χ0n) is 14.8. The highest BCUT2D eigenvalue weighted by Gasteiger charge is 2.24. The highest BCUT2D eigenvalue weighted by Crippen LogP contribution is 2.25. The zero-order chi connectivity index (χ0) is 16.9. The van der Waals surface area contributed by atoms with Crippen molar-refractivity contribution in [1.82, 2.24) is 19.2 Å². The highest BCUT2D eigenvalue weighted by atomic mass is 32.1. The standard InChI is InChI=1S/C18H27N5S/c1-13(2)12-17-21-18(24-22-17)20-16-6-10-23(11-7-16)14(3)15-4-8-19-9-5-15/h4-5,8-9,13-14,16H,6-7,10-12H2,1-3H3,(H,20,21,22)/t14-/m0/s1. The van der Waals surface area contributed by atoms with E-state index in [0.717, 1.165) is 43.3 Å². The molecule has 0 unspecified atom stereocenters. The average molecular weight is 346 g/mol. The lowest BCUT2D eigenvalue weighted by Crippen LogP contribution is -2.40. The molecule has 0 bridgehead atoms. The molecule has 2 aromatic rings. The van der Waals surface area contributed by atoms with E-state index in [1.54, 1.807) is 0 Å². The van der Waals surface area contributed by atoms with Crippen LogP contribution in [0.2, 0.25) is 0 Å². The Morgan fingerprint density at radius 3 is 2.58 bits per heavy atom. The quantitative estimate of drug-likeness (QED) is 0.864. The fourth-order valence-electron chi connectivity index (χ4n) is 3.22. The van der Waals surface area contributed by atoms with Gasteiger partial charge in [0.2, 0.25) is 5.13 Å². The Labute approximate surface area is 148 Å². The first-order chi connectivity index (χ1) is 11.6. The molecule has 1 atom stereocenters. The molecule has 0 aromatic carbocycles. The summed E-state index contributed by atoms with van der Waals surface area (Å²) in [7, 11) is 0. The lowest BCUT2D eigenvalue weighted by molar-refractivity contribution is 0.167. The minimum Gasteiger partial charge on any atom is -0.357 e. The molecule has 2 aromatic heterocycles. The molecule has 3 heterocycles. The lowest BCUT2D eigenvalue weighted by Gasteiger charge is -2.36. The van der Waals surface area contributed by atoms with Crippen molar-refractivity contribution in [2.75, 3.05) is 18.4 Å². The van der Waals surface area contributed by atoms with E-state index >= 15 is 0 Å². The van der Waals surface area contributed by atoms with E-state index in [4.69, 9.17) is 0 Å². The number of hydrogen-bond donors (Lipinski definition) is 1. The van der Waals surface area contributed by atoms with E-state index < -0.39 is 0 Å². The first-order valence-corrected chi connectivity index (χ1v) is 9.62. The van der Waals surface area contributed by atoms with Crippen molar-refractivity contribution in [2.24, 2.45) is 5.92 Å². The number of pyridine rings is 1. The molecule has 5 nitrogen and oxygen atoms in total. The van der Waals surface area contributed by atoms with Crippen LogP contribution < -0.4 is 5.32 Å². The lowest BCUT2D eigenvalue weighted by atomic mass is 10.0. The van der Waals surface area contributed by atoms with Crippen LogP contribution >= 0.6 is 11.5 Å². The van der Waals surface area contributed by atoms with Crippen molar-refractivity contribution in [3.63, 3.8) is 0 Å². The third kappa shape index (κ3) is 4.51. The van der Waals surface area contributed by atoms with E-state index in [1.165, 1.54) is 17.1 Å². The third-order valence-electron chi connectivity index (χ3n) is 4.65. The molecule has 3 rings (SSSR count). The molecule has 0 radical (unpaired) electrons. The van der Waals surface area contributed by atoms with Crippen molar-refractivity contribution in [1.29, 1.82) is 0 Å².